The van der Waals surface area contributed by atoms with Crippen molar-refractivity contribution in [3.05, 3.63) is 0 Å². The molecule has 0 aromatic carbocycles. The third-order valence-electron chi connectivity index (χ3n) is 3.78. The molecule has 0 aromatic heterocycles. The Labute approximate surface area is 113 Å². The van der Waals surface area contributed by atoms with Crippen molar-refractivity contribution in [2.75, 3.05) is 0 Å². The van der Waals surface area contributed by atoms with Crippen LogP contribution in [0.2, 0.25) is 0 Å². The molecule has 0 rings (SSSR count). The summed E-state index contributed by atoms with van der Waals surface area (Å²) >= 11 is 0. The summed E-state index contributed by atoms with van der Waals surface area (Å²) in [6.07, 6.45) is 14.3. The summed E-state index contributed by atoms with van der Waals surface area (Å²) in [5.74, 6) is 0.246. The van der Waals surface area contributed by atoms with E-state index in [1.54, 1.807) is 0 Å². The molecule has 2 heteroatoms. The lowest BCUT2D eigenvalue weighted by atomic mass is 9.99. The second kappa shape index (κ2) is 12.9. The van der Waals surface area contributed by atoms with Gasteiger partial charge in [-0.15, -0.1) is 0 Å². The minimum atomic E-state index is -0.656. The number of carboxylic acids is 1. The Balaban J connectivity index is 3.01. The Kier molecular flexibility index (Phi) is 12.5. The van der Waals surface area contributed by atoms with Crippen molar-refractivity contribution < 1.29 is 9.90 Å². The van der Waals surface area contributed by atoms with Gasteiger partial charge in [0.05, 0.1) is 0 Å². The smallest absolute Gasteiger partial charge is 0.303 e. The van der Waals surface area contributed by atoms with Crippen LogP contribution in [0.3, 0.4) is 0 Å². The first-order valence-corrected chi connectivity index (χ1v) is 7.88. The van der Waals surface area contributed by atoms with Gasteiger partial charge in [0.2, 0.25) is 0 Å². The molecule has 0 aliphatic heterocycles. The minimum absolute atomic E-state index is 0.343. The van der Waals surface area contributed by atoms with E-state index >= 15 is 0 Å². The third-order valence-corrected chi connectivity index (χ3v) is 3.78. The van der Waals surface area contributed by atoms with Crippen LogP contribution in [0.15, 0.2) is 0 Å². The maximum Gasteiger partial charge on any atom is 0.303 e. The molecule has 0 amide bonds. The van der Waals surface area contributed by atoms with Crippen molar-refractivity contribution in [3.63, 3.8) is 0 Å². The van der Waals surface area contributed by atoms with E-state index in [2.05, 4.69) is 13.8 Å². The molecular weight excluding hydrogens is 224 g/mol. The Morgan fingerprint density at radius 2 is 1.33 bits per heavy atom. The van der Waals surface area contributed by atoms with Crippen molar-refractivity contribution in [2.24, 2.45) is 5.92 Å². The van der Waals surface area contributed by atoms with Gasteiger partial charge in [0.1, 0.15) is 0 Å². The summed E-state index contributed by atoms with van der Waals surface area (Å²) in [5.41, 5.74) is 0. The van der Waals surface area contributed by atoms with Crippen LogP contribution in [0.4, 0.5) is 0 Å². The van der Waals surface area contributed by atoms with Gasteiger partial charge in [0, 0.05) is 6.42 Å². The van der Waals surface area contributed by atoms with Crippen molar-refractivity contribution in [3.8, 4) is 0 Å². The van der Waals surface area contributed by atoms with E-state index in [9.17, 15) is 4.79 Å². The fraction of sp³-hybridized carbons (Fsp3) is 0.938. The molecule has 2 nitrogen and oxygen atoms in total. The zero-order chi connectivity index (χ0) is 13.6. The maximum absolute atomic E-state index is 10.3. The molecule has 0 fully saturated rings. The predicted octanol–water partition coefficient (Wildman–Crippen LogP) is 5.41. The maximum atomic E-state index is 10.3. The average Bonchev–Trinajstić information content (AvgIpc) is 2.35. The lowest BCUT2D eigenvalue weighted by Gasteiger charge is -2.07. The van der Waals surface area contributed by atoms with Gasteiger partial charge >= 0.3 is 5.97 Å². The van der Waals surface area contributed by atoms with Crippen LogP contribution in [0.25, 0.3) is 0 Å². The molecule has 0 heterocycles. The van der Waals surface area contributed by atoms with Crippen LogP contribution in [-0.2, 0) is 4.79 Å². The quantitative estimate of drug-likeness (QED) is 0.447. The normalized spacial score (nSPS) is 12.6. The van der Waals surface area contributed by atoms with Crippen LogP contribution < -0.4 is 0 Å². The molecular formula is C16H32O2. The zero-order valence-corrected chi connectivity index (χ0v) is 12.4. The molecule has 0 radical (unpaired) electrons. The third kappa shape index (κ3) is 13.5. The average molecular weight is 256 g/mol. The first-order chi connectivity index (χ1) is 8.66. The Bertz CT molecular complexity index is 190. The van der Waals surface area contributed by atoms with E-state index in [1.165, 1.54) is 57.8 Å². The summed E-state index contributed by atoms with van der Waals surface area (Å²) in [6.45, 7) is 4.62. The first-order valence-electron chi connectivity index (χ1n) is 7.88. The molecule has 18 heavy (non-hydrogen) atoms. The molecule has 0 saturated heterocycles. The van der Waals surface area contributed by atoms with E-state index in [0.717, 1.165) is 18.8 Å². The number of rotatable bonds is 13. The lowest BCUT2D eigenvalue weighted by molar-refractivity contribution is -0.137. The number of hydrogen-bond donors (Lipinski definition) is 1. The summed E-state index contributed by atoms with van der Waals surface area (Å²) < 4.78 is 0. The topological polar surface area (TPSA) is 37.3 Å². The molecule has 0 aliphatic carbocycles. The summed E-state index contributed by atoms with van der Waals surface area (Å²) in [6, 6.07) is 0. The summed E-state index contributed by atoms with van der Waals surface area (Å²) in [5, 5.41) is 8.49. The highest BCUT2D eigenvalue weighted by molar-refractivity contribution is 5.66. The van der Waals surface area contributed by atoms with E-state index in [1.807, 2.05) is 0 Å². The van der Waals surface area contributed by atoms with Crippen LogP contribution in [-0.4, -0.2) is 11.1 Å². The molecule has 0 unspecified atom stereocenters. The Morgan fingerprint density at radius 3 is 1.78 bits per heavy atom. The summed E-state index contributed by atoms with van der Waals surface area (Å²) in [7, 11) is 0. The van der Waals surface area contributed by atoms with Gasteiger partial charge in [0.15, 0.2) is 0 Å². The van der Waals surface area contributed by atoms with Gasteiger partial charge in [0.25, 0.3) is 0 Å². The predicted molar refractivity (Wildman–Crippen MR) is 77.9 cm³/mol. The first kappa shape index (κ1) is 17.5. The second-order valence-electron chi connectivity index (χ2n) is 5.63. The van der Waals surface area contributed by atoms with Crippen LogP contribution >= 0.6 is 0 Å². The number of aliphatic carboxylic acids is 1. The fourth-order valence-corrected chi connectivity index (χ4v) is 2.21. The van der Waals surface area contributed by atoms with Crippen LogP contribution in [0.1, 0.15) is 90.9 Å². The highest BCUT2D eigenvalue weighted by Crippen LogP contribution is 2.15. The minimum Gasteiger partial charge on any atom is -0.481 e. The van der Waals surface area contributed by atoms with Crippen molar-refractivity contribution in [1.29, 1.82) is 0 Å². The molecule has 108 valence electrons. The number of hydrogen-bond acceptors (Lipinski definition) is 1. The van der Waals surface area contributed by atoms with Gasteiger partial charge in [-0.2, -0.15) is 0 Å². The molecule has 0 spiro atoms. The monoisotopic (exact) mass is 256 g/mol. The van der Waals surface area contributed by atoms with E-state index in [4.69, 9.17) is 5.11 Å². The molecule has 0 bridgehead atoms. The number of carboxylic acid groups (broad SMARTS) is 1. The molecule has 1 atom stereocenters. The molecule has 0 saturated carbocycles. The van der Waals surface area contributed by atoms with Crippen molar-refractivity contribution >= 4 is 5.97 Å². The van der Waals surface area contributed by atoms with Gasteiger partial charge in [-0.25, -0.2) is 0 Å². The zero-order valence-electron chi connectivity index (χ0n) is 12.4. The summed E-state index contributed by atoms with van der Waals surface area (Å²) in [4.78, 5) is 10.3. The lowest BCUT2D eigenvalue weighted by Crippen LogP contribution is -1.93. The number of unbranched alkanes of at least 4 members (excludes halogenated alkanes) is 8. The number of carbonyl (C=O) groups is 1. The standard InChI is InChI=1S/C16H32O2/c1-3-15(2)13-11-9-7-5-4-6-8-10-12-14-16(17)18/h15H,3-14H2,1-2H3,(H,17,18)/t15-/m0/s1. The Hall–Kier alpha value is -0.530. The second-order valence-corrected chi connectivity index (χ2v) is 5.63. The van der Waals surface area contributed by atoms with Crippen LogP contribution in [0.5, 0.6) is 0 Å². The molecule has 1 N–H and O–H groups in total. The van der Waals surface area contributed by atoms with Crippen molar-refractivity contribution in [2.45, 2.75) is 90.9 Å². The fourth-order valence-electron chi connectivity index (χ4n) is 2.21. The van der Waals surface area contributed by atoms with Gasteiger partial charge in [-0.05, 0) is 12.3 Å². The largest absolute Gasteiger partial charge is 0.481 e. The Morgan fingerprint density at radius 1 is 0.889 bits per heavy atom. The van der Waals surface area contributed by atoms with E-state index in [0.29, 0.717) is 6.42 Å². The van der Waals surface area contributed by atoms with Gasteiger partial charge in [-0.3, -0.25) is 4.79 Å². The van der Waals surface area contributed by atoms with Crippen LogP contribution in [0, 0.1) is 5.92 Å². The SMILES string of the molecule is CC[C@H](C)CCCCCCCCCCCC(=O)O. The highest BCUT2D eigenvalue weighted by Gasteiger charge is 1.99. The van der Waals surface area contributed by atoms with E-state index < -0.39 is 5.97 Å². The molecule has 0 aliphatic rings. The van der Waals surface area contributed by atoms with Gasteiger partial charge in [-0.1, -0.05) is 78.1 Å². The van der Waals surface area contributed by atoms with Crippen molar-refractivity contribution in [1.82, 2.24) is 0 Å². The van der Waals surface area contributed by atoms with E-state index in [-0.39, 0.29) is 0 Å². The molecule has 0 aromatic rings. The van der Waals surface area contributed by atoms with Gasteiger partial charge < -0.3 is 5.11 Å². The highest BCUT2D eigenvalue weighted by atomic mass is 16.4.